The molecule has 4 aromatic rings. The number of rotatable bonds is 6. The van der Waals surface area contributed by atoms with E-state index in [-0.39, 0.29) is 5.56 Å². The number of carbonyl (C=O) groups is 1. The summed E-state index contributed by atoms with van der Waals surface area (Å²) in [6.45, 7) is 6.31. The van der Waals surface area contributed by atoms with Gasteiger partial charge in [-0.25, -0.2) is 4.79 Å². The third kappa shape index (κ3) is 4.84. The molecule has 0 unspecified atom stereocenters. The first-order valence-corrected chi connectivity index (χ1v) is 13.5. The Kier molecular flexibility index (Phi) is 7.04. The molecule has 0 saturated carbocycles. The number of carboxylic acid groups (broad SMARTS) is 1. The molecule has 0 radical (unpaired) electrons. The van der Waals surface area contributed by atoms with Crippen LogP contribution >= 0.6 is 0 Å². The van der Waals surface area contributed by atoms with Gasteiger partial charge in [-0.2, -0.15) is 0 Å². The molecule has 1 N–H and O–H groups in total. The van der Waals surface area contributed by atoms with Crippen molar-refractivity contribution in [3.05, 3.63) is 88.7 Å². The second-order valence-electron chi connectivity index (χ2n) is 10.0. The van der Waals surface area contributed by atoms with E-state index in [0.29, 0.717) is 24.1 Å². The van der Waals surface area contributed by atoms with Crippen molar-refractivity contribution < 1.29 is 19.4 Å². The quantitative estimate of drug-likeness (QED) is 0.395. The number of aromatic nitrogens is 1. The molecule has 2 aliphatic heterocycles. The van der Waals surface area contributed by atoms with Crippen LogP contribution in [0.25, 0.3) is 16.6 Å². The molecule has 0 amide bonds. The standard InChI is InChI=1S/C31H32N4O5/c1-39-29-5-3-2-4-27(29)34-14-12-32(13-15-34)24-10-11-25-28(20-24)35(21-26(30(25)36)31(37)38)23-8-6-22(7-9-23)33-16-18-40-19-17-33/h2-11,20-21H,12-19H2,1H3,(H,37,38). The van der Waals surface area contributed by atoms with Gasteiger partial charge in [0.25, 0.3) is 0 Å². The maximum absolute atomic E-state index is 13.1. The highest BCUT2D eigenvalue weighted by molar-refractivity contribution is 5.94. The lowest BCUT2D eigenvalue weighted by Crippen LogP contribution is -2.46. The number of morpholine rings is 1. The Bertz CT molecular complexity index is 1590. The molecule has 40 heavy (non-hydrogen) atoms. The molecule has 6 rings (SSSR count). The van der Waals surface area contributed by atoms with Gasteiger partial charge in [-0.15, -0.1) is 0 Å². The zero-order chi connectivity index (χ0) is 27.6. The second kappa shape index (κ2) is 10.9. The van der Waals surface area contributed by atoms with Crippen molar-refractivity contribution in [2.75, 3.05) is 74.3 Å². The fourth-order valence-electron chi connectivity index (χ4n) is 5.62. The van der Waals surface area contributed by atoms with Crippen molar-refractivity contribution in [1.82, 2.24) is 4.57 Å². The highest BCUT2D eigenvalue weighted by atomic mass is 16.5. The first-order chi connectivity index (χ1) is 19.5. The number of benzene rings is 3. The molecule has 9 heteroatoms. The van der Waals surface area contributed by atoms with Gasteiger partial charge in [-0.3, -0.25) is 4.79 Å². The number of para-hydroxylation sites is 2. The third-order valence-electron chi connectivity index (χ3n) is 7.79. The van der Waals surface area contributed by atoms with Crippen LogP contribution in [0.15, 0.2) is 77.7 Å². The average Bonchev–Trinajstić information content (AvgIpc) is 3.01. The summed E-state index contributed by atoms with van der Waals surface area (Å²) in [5.74, 6) is -0.373. The van der Waals surface area contributed by atoms with Gasteiger partial charge in [-0.1, -0.05) is 12.1 Å². The lowest BCUT2D eigenvalue weighted by atomic mass is 10.1. The van der Waals surface area contributed by atoms with Gasteiger partial charge in [0.05, 0.1) is 31.5 Å². The van der Waals surface area contributed by atoms with E-state index in [2.05, 4.69) is 20.8 Å². The van der Waals surface area contributed by atoms with Crippen LogP contribution in [-0.4, -0.2) is 75.2 Å². The van der Waals surface area contributed by atoms with Crippen molar-refractivity contribution in [2.45, 2.75) is 0 Å². The first kappa shape index (κ1) is 25.8. The topological polar surface area (TPSA) is 87.5 Å². The molecule has 3 aromatic carbocycles. The monoisotopic (exact) mass is 540 g/mol. The molecule has 0 atom stereocenters. The molecule has 206 valence electrons. The second-order valence-corrected chi connectivity index (χ2v) is 10.0. The summed E-state index contributed by atoms with van der Waals surface area (Å²) in [5.41, 5.74) is 3.91. The number of carboxylic acids is 1. The molecule has 2 saturated heterocycles. The molecule has 0 aliphatic carbocycles. The molecule has 2 fully saturated rings. The fourth-order valence-corrected chi connectivity index (χ4v) is 5.62. The Balaban J connectivity index is 1.33. The molecule has 2 aliphatic rings. The number of hydrogen-bond acceptors (Lipinski definition) is 7. The predicted octanol–water partition coefficient (Wildman–Crippen LogP) is 3.86. The Morgan fingerprint density at radius 2 is 1.43 bits per heavy atom. The van der Waals surface area contributed by atoms with E-state index in [1.165, 1.54) is 6.20 Å². The number of fused-ring (bicyclic) bond motifs is 1. The summed E-state index contributed by atoms with van der Waals surface area (Å²) in [6, 6.07) is 21.7. The van der Waals surface area contributed by atoms with Crippen LogP contribution in [-0.2, 0) is 4.74 Å². The van der Waals surface area contributed by atoms with Crippen LogP contribution in [0.5, 0.6) is 5.75 Å². The van der Waals surface area contributed by atoms with Gasteiger partial charge in [0, 0.05) is 67.9 Å². The lowest BCUT2D eigenvalue weighted by molar-refractivity contribution is 0.0695. The summed E-state index contributed by atoms with van der Waals surface area (Å²) in [5, 5.41) is 10.2. The van der Waals surface area contributed by atoms with Crippen molar-refractivity contribution in [2.24, 2.45) is 0 Å². The molecular weight excluding hydrogens is 508 g/mol. The van der Waals surface area contributed by atoms with Gasteiger partial charge in [0.15, 0.2) is 0 Å². The Morgan fingerprint density at radius 1 is 0.800 bits per heavy atom. The van der Waals surface area contributed by atoms with E-state index in [9.17, 15) is 14.7 Å². The van der Waals surface area contributed by atoms with Gasteiger partial charge < -0.3 is 33.8 Å². The zero-order valence-corrected chi connectivity index (χ0v) is 22.5. The average molecular weight is 541 g/mol. The van der Waals surface area contributed by atoms with E-state index in [1.807, 2.05) is 59.2 Å². The fraction of sp³-hybridized carbons (Fsp3) is 0.290. The number of aromatic carboxylic acids is 1. The van der Waals surface area contributed by atoms with Crippen molar-refractivity contribution in [3.63, 3.8) is 0 Å². The largest absolute Gasteiger partial charge is 0.495 e. The Hall–Kier alpha value is -4.50. The Morgan fingerprint density at radius 3 is 2.12 bits per heavy atom. The van der Waals surface area contributed by atoms with E-state index >= 15 is 0 Å². The van der Waals surface area contributed by atoms with Gasteiger partial charge >= 0.3 is 5.97 Å². The number of methoxy groups -OCH3 is 1. The zero-order valence-electron chi connectivity index (χ0n) is 22.5. The van der Waals surface area contributed by atoms with E-state index < -0.39 is 11.4 Å². The number of pyridine rings is 1. The summed E-state index contributed by atoms with van der Waals surface area (Å²) >= 11 is 0. The van der Waals surface area contributed by atoms with E-state index in [4.69, 9.17) is 9.47 Å². The number of ether oxygens (including phenoxy) is 2. The highest BCUT2D eigenvalue weighted by Crippen LogP contribution is 2.30. The highest BCUT2D eigenvalue weighted by Gasteiger charge is 2.22. The minimum atomic E-state index is -1.23. The van der Waals surface area contributed by atoms with Crippen molar-refractivity contribution in [3.8, 4) is 11.4 Å². The van der Waals surface area contributed by atoms with Crippen LogP contribution in [0.1, 0.15) is 10.4 Å². The van der Waals surface area contributed by atoms with Crippen molar-refractivity contribution >= 4 is 33.9 Å². The first-order valence-electron chi connectivity index (χ1n) is 13.5. The molecule has 1 aromatic heterocycles. The normalized spacial score (nSPS) is 15.9. The number of hydrogen-bond donors (Lipinski definition) is 1. The lowest BCUT2D eigenvalue weighted by Gasteiger charge is -2.38. The molecule has 0 bridgehead atoms. The third-order valence-corrected chi connectivity index (χ3v) is 7.79. The number of anilines is 3. The molecule has 3 heterocycles. The van der Waals surface area contributed by atoms with Gasteiger partial charge in [0.2, 0.25) is 5.43 Å². The summed E-state index contributed by atoms with van der Waals surface area (Å²) in [6.07, 6.45) is 1.44. The van der Waals surface area contributed by atoms with Gasteiger partial charge in [-0.05, 0) is 54.6 Å². The van der Waals surface area contributed by atoms with E-state index in [0.717, 1.165) is 67.8 Å². The molecule has 0 spiro atoms. The molecule has 9 nitrogen and oxygen atoms in total. The summed E-state index contributed by atoms with van der Waals surface area (Å²) in [7, 11) is 1.69. The van der Waals surface area contributed by atoms with Crippen LogP contribution < -0.4 is 24.9 Å². The van der Waals surface area contributed by atoms with E-state index in [1.54, 1.807) is 13.2 Å². The summed E-state index contributed by atoms with van der Waals surface area (Å²) < 4.78 is 12.8. The smallest absolute Gasteiger partial charge is 0.341 e. The predicted molar refractivity (Wildman–Crippen MR) is 157 cm³/mol. The minimum Gasteiger partial charge on any atom is -0.495 e. The molecular formula is C31H32N4O5. The SMILES string of the molecule is COc1ccccc1N1CCN(c2ccc3c(=O)c(C(=O)O)cn(-c4ccc(N5CCOCC5)cc4)c3c2)CC1. The number of nitrogens with zero attached hydrogens (tertiary/aromatic N) is 4. The Labute approximate surface area is 232 Å². The summed E-state index contributed by atoms with van der Waals surface area (Å²) in [4.78, 5) is 32.0. The number of piperazine rings is 1. The van der Waals surface area contributed by atoms with Crippen LogP contribution in [0.2, 0.25) is 0 Å². The van der Waals surface area contributed by atoms with Crippen molar-refractivity contribution in [1.29, 1.82) is 0 Å². The van der Waals surface area contributed by atoms with Gasteiger partial charge in [0.1, 0.15) is 11.3 Å². The minimum absolute atomic E-state index is 0.247. The maximum Gasteiger partial charge on any atom is 0.341 e. The van der Waals surface area contributed by atoms with Crippen LogP contribution in [0, 0.1) is 0 Å². The van der Waals surface area contributed by atoms with Crippen LogP contribution in [0.4, 0.5) is 17.1 Å². The maximum atomic E-state index is 13.1. The van der Waals surface area contributed by atoms with Crippen LogP contribution in [0.3, 0.4) is 0 Å².